The van der Waals surface area contributed by atoms with Gasteiger partial charge in [0.15, 0.2) is 11.5 Å². The molecule has 0 saturated carbocycles. The first-order chi connectivity index (χ1) is 10.2. The second kappa shape index (κ2) is 7.11. The summed E-state index contributed by atoms with van der Waals surface area (Å²) < 4.78 is 10.7. The topological polar surface area (TPSA) is 54.0 Å². The van der Waals surface area contributed by atoms with Crippen LogP contribution in [0.15, 0.2) is 18.2 Å². The minimum atomic E-state index is -0.411. The molecule has 1 aromatic carbocycles. The first kappa shape index (κ1) is 16.1. The Morgan fingerprint density at radius 1 is 1.19 bits per heavy atom. The Kier molecular flexibility index (Phi) is 5.45. The Bertz CT molecular complexity index is 459. The van der Waals surface area contributed by atoms with Crippen molar-refractivity contribution < 1.29 is 14.6 Å². The van der Waals surface area contributed by atoms with E-state index in [1.54, 1.807) is 14.2 Å². The summed E-state index contributed by atoms with van der Waals surface area (Å²) in [7, 11) is 3.26. The third kappa shape index (κ3) is 3.31. The zero-order valence-electron chi connectivity index (χ0n) is 13.2. The molecule has 1 saturated heterocycles. The summed E-state index contributed by atoms with van der Waals surface area (Å²) in [5.41, 5.74) is 0.635. The molecule has 5 nitrogen and oxygen atoms in total. The van der Waals surface area contributed by atoms with Crippen molar-refractivity contribution in [2.24, 2.45) is 0 Å². The summed E-state index contributed by atoms with van der Waals surface area (Å²) in [6.07, 6.45) is 1.09. The van der Waals surface area contributed by atoms with E-state index in [-0.39, 0.29) is 6.61 Å². The third-order valence-electron chi connectivity index (χ3n) is 4.35. The summed E-state index contributed by atoms with van der Waals surface area (Å²) in [6, 6.07) is 5.88. The molecule has 1 atom stereocenters. The summed E-state index contributed by atoms with van der Waals surface area (Å²) in [4.78, 5) is 2.34. The lowest BCUT2D eigenvalue weighted by atomic mass is 9.90. The molecule has 2 N–H and O–H groups in total. The molecule has 0 aliphatic carbocycles. The van der Waals surface area contributed by atoms with Gasteiger partial charge in [0.25, 0.3) is 0 Å². The summed E-state index contributed by atoms with van der Waals surface area (Å²) in [6.45, 7) is 6.03. The maximum atomic E-state index is 10.0. The van der Waals surface area contributed by atoms with Gasteiger partial charge < -0.3 is 19.9 Å². The van der Waals surface area contributed by atoms with Gasteiger partial charge in [-0.2, -0.15) is 0 Å². The number of hydrogen-bond acceptors (Lipinski definition) is 5. The van der Waals surface area contributed by atoms with E-state index in [9.17, 15) is 5.11 Å². The predicted molar refractivity (Wildman–Crippen MR) is 83.0 cm³/mol. The number of aliphatic hydroxyl groups excluding tert-OH is 1. The highest BCUT2D eigenvalue weighted by atomic mass is 16.5. The minimum absolute atomic E-state index is 0.0719. The molecule has 2 rings (SSSR count). The maximum Gasteiger partial charge on any atom is 0.161 e. The molecule has 0 aromatic heterocycles. The summed E-state index contributed by atoms with van der Waals surface area (Å²) in [5.74, 6) is 1.40. The quantitative estimate of drug-likeness (QED) is 0.855. The number of rotatable bonds is 5. The van der Waals surface area contributed by atoms with Crippen LogP contribution >= 0.6 is 0 Å². The summed E-state index contributed by atoms with van der Waals surface area (Å²) >= 11 is 0. The average Bonchev–Trinajstić information content (AvgIpc) is 2.83. The molecule has 1 aromatic rings. The molecule has 118 valence electrons. The van der Waals surface area contributed by atoms with Crippen LogP contribution in [0.2, 0.25) is 0 Å². The molecule has 1 aliphatic rings. The van der Waals surface area contributed by atoms with E-state index in [0.717, 1.165) is 38.2 Å². The van der Waals surface area contributed by atoms with E-state index in [2.05, 4.69) is 17.1 Å². The van der Waals surface area contributed by atoms with Gasteiger partial charge in [-0.1, -0.05) is 6.07 Å². The van der Waals surface area contributed by atoms with Crippen LogP contribution in [0.3, 0.4) is 0 Å². The van der Waals surface area contributed by atoms with Crippen LogP contribution in [0.5, 0.6) is 11.5 Å². The molecule has 1 heterocycles. The van der Waals surface area contributed by atoms with E-state index < -0.39 is 5.54 Å². The molecular formula is C16H26N2O3. The molecule has 21 heavy (non-hydrogen) atoms. The lowest BCUT2D eigenvalue weighted by Gasteiger charge is -2.40. The fourth-order valence-corrected chi connectivity index (χ4v) is 2.88. The lowest BCUT2D eigenvalue weighted by Crippen LogP contribution is -2.48. The molecule has 0 bridgehead atoms. The molecule has 0 amide bonds. The van der Waals surface area contributed by atoms with Gasteiger partial charge in [-0.3, -0.25) is 4.90 Å². The van der Waals surface area contributed by atoms with Crippen molar-refractivity contribution in [3.8, 4) is 11.5 Å². The first-order valence-electron chi connectivity index (χ1n) is 7.45. The predicted octanol–water partition coefficient (Wildman–Crippen LogP) is 1.21. The number of benzene rings is 1. The number of methoxy groups -OCH3 is 2. The second-order valence-electron chi connectivity index (χ2n) is 5.59. The number of nitrogens with zero attached hydrogens (tertiary/aromatic N) is 1. The van der Waals surface area contributed by atoms with Crippen molar-refractivity contribution in [2.45, 2.75) is 18.9 Å². The Labute approximate surface area is 126 Å². The largest absolute Gasteiger partial charge is 0.493 e. The molecule has 0 radical (unpaired) electrons. The monoisotopic (exact) mass is 294 g/mol. The maximum absolute atomic E-state index is 10.0. The van der Waals surface area contributed by atoms with Gasteiger partial charge >= 0.3 is 0 Å². The van der Waals surface area contributed by atoms with Crippen LogP contribution < -0.4 is 14.8 Å². The smallest absolute Gasteiger partial charge is 0.161 e. The van der Waals surface area contributed by atoms with Crippen LogP contribution in [0.4, 0.5) is 0 Å². The standard InChI is InChI=1S/C16H26N2O3/c1-16(12-19,18-9-4-7-17-8-10-18)13-5-6-14(20-2)15(11-13)21-3/h5-6,11,17,19H,4,7-10,12H2,1-3H3. The zero-order chi connectivity index (χ0) is 15.3. The Balaban J connectivity index is 2.34. The van der Waals surface area contributed by atoms with Crippen LogP contribution in [0.1, 0.15) is 18.9 Å². The van der Waals surface area contributed by atoms with Crippen molar-refractivity contribution in [2.75, 3.05) is 47.0 Å². The lowest BCUT2D eigenvalue weighted by molar-refractivity contribution is 0.0451. The number of hydrogen-bond donors (Lipinski definition) is 2. The van der Waals surface area contributed by atoms with Crippen molar-refractivity contribution >= 4 is 0 Å². The SMILES string of the molecule is COc1ccc(C(C)(CO)N2CCCNCC2)cc1OC. The molecule has 1 unspecified atom stereocenters. The van der Waals surface area contributed by atoms with Crippen molar-refractivity contribution in [3.05, 3.63) is 23.8 Å². The first-order valence-corrected chi connectivity index (χ1v) is 7.45. The zero-order valence-corrected chi connectivity index (χ0v) is 13.2. The van der Waals surface area contributed by atoms with Gasteiger partial charge in [0, 0.05) is 19.6 Å². The van der Waals surface area contributed by atoms with E-state index >= 15 is 0 Å². The van der Waals surface area contributed by atoms with Gasteiger partial charge in [-0.05, 0) is 37.6 Å². The third-order valence-corrected chi connectivity index (χ3v) is 4.35. The Morgan fingerprint density at radius 2 is 1.95 bits per heavy atom. The van der Waals surface area contributed by atoms with Gasteiger partial charge in [-0.15, -0.1) is 0 Å². The number of aliphatic hydroxyl groups is 1. The molecule has 1 fully saturated rings. The molecule has 1 aliphatic heterocycles. The Hall–Kier alpha value is -1.30. The minimum Gasteiger partial charge on any atom is -0.493 e. The van der Waals surface area contributed by atoms with E-state index in [0.29, 0.717) is 11.5 Å². The van der Waals surface area contributed by atoms with Crippen LogP contribution in [-0.4, -0.2) is 57.0 Å². The van der Waals surface area contributed by atoms with Gasteiger partial charge in [0.1, 0.15) is 0 Å². The van der Waals surface area contributed by atoms with Gasteiger partial charge in [-0.25, -0.2) is 0 Å². The number of ether oxygens (including phenoxy) is 2. The fourth-order valence-electron chi connectivity index (χ4n) is 2.88. The molecular weight excluding hydrogens is 268 g/mol. The Morgan fingerprint density at radius 3 is 2.62 bits per heavy atom. The van der Waals surface area contributed by atoms with Crippen molar-refractivity contribution in [1.29, 1.82) is 0 Å². The average molecular weight is 294 g/mol. The highest BCUT2D eigenvalue weighted by Crippen LogP contribution is 2.35. The fraction of sp³-hybridized carbons (Fsp3) is 0.625. The van der Waals surface area contributed by atoms with Gasteiger partial charge in [0.2, 0.25) is 0 Å². The van der Waals surface area contributed by atoms with Gasteiger partial charge in [0.05, 0.1) is 26.4 Å². The van der Waals surface area contributed by atoms with Crippen molar-refractivity contribution in [1.82, 2.24) is 10.2 Å². The highest BCUT2D eigenvalue weighted by molar-refractivity contribution is 5.45. The summed E-state index contributed by atoms with van der Waals surface area (Å²) in [5, 5.41) is 13.4. The van der Waals surface area contributed by atoms with Crippen LogP contribution in [-0.2, 0) is 5.54 Å². The molecule has 0 spiro atoms. The second-order valence-corrected chi connectivity index (χ2v) is 5.59. The van der Waals surface area contributed by atoms with Crippen LogP contribution in [0.25, 0.3) is 0 Å². The van der Waals surface area contributed by atoms with Crippen LogP contribution in [0, 0.1) is 0 Å². The highest BCUT2D eigenvalue weighted by Gasteiger charge is 2.34. The van der Waals surface area contributed by atoms with E-state index in [4.69, 9.17) is 9.47 Å². The van der Waals surface area contributed by atoms with E-state index in [1.807, 2.05) is 18.2 Å². The van der Waals surface area contributed by atoms with Crippen molar-refractivity contribution in [3.63, 3.8) is 0 Å². The number of nitrogens with one attached hydrogen (secondary N) is 1. The van der Waals surface area contributed by atoms with E-state index in [1.165, 1.54) is 0 Å². The normalized spacial score (nSPS) is 19.6. The molecule has 5 heteroatoms.